The van der Waals surface area contributed by atoms with Gasteiger partial charge >= 0.3 is 0 Å². The van der Waals surface area contributed by atoms with E-state index in [1.165, 1.54) is 16.2 Å². The molecule has 156 valence electrons. The third-order valence-corrected chi connectivity index (χ3v) is 6.46. The molecule has 1 amide bonds. The summed E-state index contributed by atoms with van der Waals surface area (Å²) in [6, 6.07) is 10.3. The summed E-state index contributed by atoms with van der Waals surface area (Å²) in [6.45, 7) is 5.71. The van der Waals surface area contributed by atoms with Crippen molar-refractivity contribution in [3.05, 3.63) is 79.6 Å². The van der Waals surface area contributed by atoms with Gasteiger partial charge in [-0.3, -0.25) is 14.5 Å². The predicted octanol–water partition coefficient (Wildman–Crippen LogP) is 4.33. The molecular weight excluding hydrogens is 414 g/mol. The molecule has 4 aromatic rings. The van der Waals surface area contributed by atoms with Crippen molar-refractivity contribution in [2.24, 2.45) is 0 Å². The number of fused-ring (bicyclic) bond motifs is 2. The second-order valence-corrected chi connectivity index (χ2v) is 8.72. The highest BCUT2D eigenvalue weighted by atomic mass is 32.1. The summed E-state index contributed by atoms with van der Waals surface area (Å²) in [5.41, 5.74) is 3.20. The first-order valence-electron chi connectivity index (χ1n) is 9.74. The van der Waals surface area contributed by atoms with Crippen LogP contribution in [0.2, 0.25) is 0 Å². The van der Waals surface area contributed by atoms with Gasteiger partial charge in [0.1, 0.15) is 16.3 Å². The number of anilines is 1. The molecule has 2 aromatic carbocycles. The lowest BCUT2D eigenvalue weighted by molar-refractivity contribution is 0.0970. The number of carbonyl (C=O) groups excluding carboxylic acids is 1. The molecule has 1 atom stereocenters. The first-order chi connectivity index (χ1) is 14.9. The summed E-state index contributed by atoms with van der Waals surface area (Å²) in [5, 5.41) is 9.83. The Bertz CT molecular complexity index is 1420. The number of hydrogen-bond acceptors (Lipinski definition) is 7. The average molecular weight is 433 g/mol. The SMILES string of the molecule is COc1cccc(C2c3c(oc4cc(C)c(C)cc4c3=O)C(=O)N2c2nnc(C)s2)c1. The van der Waals surface area contributed by atoms with Crippen LogP contribution >= 0.6 is 11.3 Å². The zero-order chi connectivity index (χ0) is 21.9. The Morgan fingerprint density at radius 2 is 1.84 bits per heavy atom. The number of nitrogens with zero attached hydrogens (tertiary/aromatic N) is 3. The minimum absolute atomic E-state index is 0.0430. The number of hydrogen-bond donors (Lipinski definition) is 0. The smallest absolute Gasteiger partial charge is 0.297 e. The topological polar surface area (TPSA) is 85.5 Å². The van der Waals surface area contributed by atoms with Crippen molar-refractivity contribution < 1.29 is 13.9 Å². The second-order valence-electron chi connectivity index (χ2n) is 7.56. The zero-order valence-corrected chi connectivity index (χ0v) is 18.2. The van der Waals surface area contributed by atoms with Gasteiger partial charge in [-0.05, 0) is 61.7 Å². The van der Waals surface area contributed by atoms with Crippen LogP contribution in [0, 0.1) is 20.8 Å². The van der Waals surface area contributed by atoms with Crippen LogP contribution < -0.4 is 15.1 Å². The number of ether oxygens (including phenoxy) is 1. The molecule has 0 saturated carbocycles. The largest absolute Gasteiger partial charge is 0.497 e. The first kappa shape index (κ1) is 19.4. The summed E-state index contributed by atoms with van der Waals surface area (Å²) in [5.74, 6) is 0.265. The Kier molecular flexibility index (Phi) is 4.40. The van der Waals surface area contributed by atoms with Crippen molar-refractivity contribution in [1.29, 1.82) is 0 Å². The lowest BCUT2D eigenvalue weighted by atomic mass is 9.97. The van der Waals surface area contributed by atoms with Crippen LogP contribution in [0.25, 0.3) is 11.0 Å². The molecule has 31 heavy (non-hydrogen) atoms. The molecule has 1 aliphatic rings. The molecule has 0 fully saturated rings. The molecule has 0 bridgehead atoms. The van der Waals surface area contributed by atoms with E-state index in [1.807, 2.05) is 51.1 Å². The van der Waals surface area contributed by atoms with E-state index in [9.17, 15) is 9.59 Å². The van der Waals surface area contributed by atoms with Crippen molar-refractivity contribution in [1.82, 2.24) is 10.2 Å². The molecule has 0 N–H and O–H groups in total. The summed E-state index contributed by atoms with van der Waals surface area (Å²) in [6.07, 6.45) is 0. The van der Waals surface area contributed by atoms with Crippen molar-refractivity contribution in [2.45, 2.75) is 26.8 Å². The molecule has 1 unspecified atom stereocenters. The maximum absolute atomic E-state index is 13.6. The normalized spacial score (nSPS) is 15.5. The van der Waals surface area contributed by atoms with E-state index in [-0.39, 0.29) is 11.2 Å². The van der Waals surface area contributed by atoms with Gasteiger partial charge in [0.25, 0.3) is 5.91 Å². The molecular formula is C23H19N3O4S. The Morgan fingerprint density at radius 1 is 1.06 bits per heavy atom. The van der Waals surface area contributed by atoms with E-state index in [4.69, 9.17) is 9.15 Å². The highest BCUT2D eigenvalue weighted by Gasteiger charge is 2.45. The van der Waals surface area contributed by atoms with Crippen molar-refractivity contribution >= 4 is 33.3 Å². The summed E-state index contributed by atoms with van der Waals surface area (Å²) >= 11 is 1.29. The standard InChI is InChI=1S/C23H19N3O4S/c1-11-8-16-17(9-12(11)2)30-21-18(20(16)27)19(14-6-5-7-15(10-14)29-4)26(22(21)28)23-25-24-13(3)31-23/h5-10,19H,1-4H3. The van der Waals surface area contributed by atoms with Gasteiger partial charge in [0, 0.05) is 0 Å². The highest BCUT2D eigenvalue weighted by Crippen LogP contribution is 2.42. The molecule has 2 aromatic heterocycles. The average Bonchev–Trinajstić information content (AvgIpc) is 3.31. The number of aryl methyl sites for hydroxylation is 3. The molecule has 0 aliphatic carbocycles. The monoisotopic (exact) mass is 433 g/mol. The Balaban J connectivity index is 1.83. The molecule has 5 rings (SSSR count). The van der Waals surface area contributed by atoms with E-state index in [0.717, 1.165) is 21.7 Å². The van der Waals surface area contributed by atoms with E-state index in [0.29, 0.717) is 27.4 Å². The molecule has 0 spiro atoms. The molecule has 0 saturated heterocycles. The minimum Gasteiger partial charge on any atom is -0.497 e. The van der Waals surface area contributed by atoms with Gasteiger partial charge in [0.05, 0.1) is 24.1 Å². The summed E-state index contributed by atoms with van der Waals surface area (Å²) in [7, 11) is 1.58. The Hall–Kier alpha value is -3.52. The molecule has 1 aliphatic heterocycles. The number of aromatic nitrogens is 2. The quantitative estimate of drug-likeness (QED) is 0.478. The number of methoxy groups -OCH3 is 1. The molecule has 7 nitrogen and oxygen atoms in total. The lowest BCUT2D eigenvalue weighted by Gasteiger charge is -2.22. The van der Waals surface area contributed by atoms with Gasteiger partial charge in [0.15, 0.2) is 5.43 Å². The molecule has 0 radical (unpaired) electrons. The zero-order valence-electron chi connectivity index (χ0n) is 17.4. The fourth-order valence-corrected chi connectivity index (χ4v) is 4.65. The lowest BCUT2D eigenvalue weighted by Crippen LogP contribution is -2.29. The van der Waals surface area contributed by atoms with Crippen LogP contribution in [0.15, 0.2) is 45.6 Å². The number of amides is 1. The highest BCUT2D eigenvalue weighted by molar-refractivity contribution is 7.15. The van der Waals surface area contributed by atoms with E-state index < -0.39 is 11.9 Å². The van der Waals surface area contributed by atoms with Crippen LogP contribution in [-0.4, -0.2) is 23.2 Å². The summed E-state index contributed by atoms with van der Waals surface area (Å²) < 4.78 is 11.4. The van der Waals surface area contributed by atoms with E-state index >= 15 is 0 Å². The van der Waals surface area contributed by atoms with Gasteiger partial charge in [-0.2, -0.15) is 0 Å². The number of rotatable bonds is 3. The van der Waals surface area contributed by atoms with E-state index in [1.54, 1.807) is 13.2 Å². The maximum Gasteiger partial charge on any atom is 0.297 e. The van der Waals surface area contributed by atoms with Crippen LogP contribution in [0.1, 0.15) is 43.9 Å². The fourth-order valence-electron chi connectivity index (χ4n) is 3.94. The van der Waals surface area contributed by atoms with Crippen LogP contribution in [0.4, 0.5) is 5.13 Å². The van der Waals surface area contributed by atoms with Crippen molar-refractivity contribution in [2.75, 3.05) is 12.0 Å². The fraction of sp³-hybridized carbons (Fsp3) is 0.217. The van der Waals surface area contributed by atoms with Gasteiger partial charge in [-0.15, -0.1) is 10.2 Å². The Morgan fingerprint density at radius 3 is 2.55 bits per heavy atom. The van der Waals surface area contributed by atoms with Gasteiger partial charge in [0.2, 0.25) is 10.9 Å². The molecule has 8 heteroatoms. The van der Waals surface area contributed by atoms with Gasteiger partial charge in [-0.1, -0.05) is 23.5 Å². The third-order valence-electron chi connectivity index (χ3n) is 5.62. The van der Waals surface area contributed by atoms with Crippen molar-refractivity contribution in [3.63, 3.8) is 0 Å². The maximum atomic E-state index is 13.6. The summed E-state index contributed by atoms with van der Waals surface area (Å²) in [4.78, 5) is 28.6. The second kappa shape index (κ2) is 7.02. The predicted molar refractivity (Wildman–Crippen MR) is 118 cm³/mol. The van der Waals surface area contributed by atoms with E-state index in [2.05, 4.69) is 10.2 Å². The van der Waals surface area contributed by atoms with Crippen LogP contribution in [-0.2, 0) is 0 Å². The van der Waals surface area contributed by atoms with Gasteiger partial charge < -0.3 is 9.15 Å². The number of carbonyl (C=O) groups is 1. The Labute approximate surface area is 181 Å². The van der Waals surface area contributed by atoms with Crippen LogP contribution in [0.3, 0.4) is 0 Å². The van der Waals surface area contributed by atoms with Gasteiger partial charge in [-0.25, -0.2) is 0 Å². The van der Waals surface area contributed by atoms with Crippen LogP contribution in [0.5, 0.6) is 5.75 Å². The molecule has 3 heterocycles. The minimum atomic E-state index is -0.688. The number of benzene rings is 2. The first-order valence-corrected chi connectivity index (χ1v) is 10.6. The van der Waals surface area contributed by atoms with Crippen molar-refractivity contribution in [3.8, 4) is 5.75 Å². The third kappa shape index (κ3) is 2.94.